The lowest BCUT2D eigenvalue weighted by molar-refractivity contribution is 0.162. The van der Waals surface area contributed by atoms with Gasteiger partial charge in [-0.2, -0.15) is 5.26 Å². The second-order valence-corrected chi connectivity index (χ2v) is 7.44. The van der Waals surface area contributed by atoms with Gasteiger partial charge in [0.2, 0.25) is 0 Å². The van der Waals surface area contributed by atoms with Gasteiger partial charge < -0.3 is 0 Å². The Morgan fingerprint density at radius 2 is 1.94 bits per heavy atom. The first kappa shape index (κ1) is 12.0. The number of hydrogen-bond donors (Lipinski definition) is 0. The summed E-state index contributed by atoms with van der Waals surface area (Å²) in [5, 5.41) is 9.33. The van der Waals surface area contributed by atoms with Crippen LogP contribution in [0.4, 0.5) is 0 Å². The average molecular weight is 296 g/mol. The summed E-state index contributed by atoms with van der Waals surface area (Å²) in [4.78, 5) is 1.17. The molecule has 2 rings (SSSR count). The molecule has 1 aliphatic carbocycles. The maximum absolute atomic E-state index is 9.33. The van der Waals surface area contributed by atoms with Crippen LogP contribution in [0.1, 0.15) is 26.7 Å². The van der Waals surface area contributed by atoms with Gasteiger partial charge in [-0.05, 0) is 46.3 Å². The van der Waals surface area contributed by atoms with Crippen LogP contribution in [-0.2, 0) is 0 Å². The predicted molar refractivity (Wildman–Crippen MR) is 71.4 cm³/mol. The van der Waals surface area contributed by atoms with Crippen LogP contribution < -0.4 is 0 Å². The van der Waals surface area contributed by atoms with Crippen LogP contribution >= 0.6 is 27.7 Å². The predicted octanol–water partition coefficient (Wildman–Crippen LogP) is 4.62. The van der Waals surface area contributed by atoms with Crippen molar-refractivity contribution in [3.63, 3.8) is 0 Å². The monoisotopic (exact) mass is 295 g/mol. The molecular weight excluding hydrogens is 282 g/mol. The number of rotatable bonds is 2. The summed E-state index contributed by atoms with van der Waals surface area (Å²) >= 11 is 5.23. The lowest BCUT2D eigenvalue weighted by atomic mass is 9.64. The van der Waals surface area contributed by atoms with Crippen LogP contribution in [0, 0.1) is 16.7 Å². The van der Waals surface area contributed by atoms with E-state index in [0.29, 0.717) is 5.41 Å². The van der Waals surface area contributed by atoms with Gasteiger partial charge in [0.25, 0.3) is 0 Å². The third kappa shape index (κ3) is 2.28. The van der Waals surface area contributed by atoms with Crippen LogP contribution in [0.2, 0.25) is 0 Å². The van der Waals surface area contributed by atoms with Gasteiger partial charge in [-0.25, -0.2) is 0 Å². The minimum Gasteiger partial charge on any atom is -0.197 e. The summed E-state index contributed by atoms with van der Waals surface area (Å²) < 4.78 is 0.868. The summed E-state index contributed by atoms with van der Waals surface area (Å²) in [6.07, 6.45) is 1.95. The van der Waals surface area contributed by atoms with E-state index in [-0.39, 0.29) is 4.75 Å². The third-order valence-corrected chi connectivity index (χ3v) is 5.17. The molecule has 0 saturated heterocycles. The van der Waals surface area contributed by atoms with Gasteiger partial charge in [-0.15, -0.1) is 11.8 Å². The molecule has 1 aromatic carbocycles. The first-order chi connectivity index (χ1) is 7.46. The first-order valence-corrected chi connectivity index (χ1v) is 6.92. The van der Waals surface area contributed by atoms with Gasteiger partial charge in [-0.3, -0.25) is 0 Å². The van der Waals surface area contributed by atoms with Crippen molar-refractivity contribution in [2.24, 2.45) is 5.41 Å². The van der Waals surface area contributed by atoms with Crippen molar-refractivity contribution >= 4 is 27.7 Å². The molecule has 1 aromatic rings. The minimum atomic E-state index is -0.215. The maximum atomic E-state index is 9.33. The Bertz CT molecular complexity index is 439. The normalized spacial score (nSPS) is 20.9. The smallest absolute Gasteiger partial charge is 0.108 e. The van der Waals surface area contributed by atoms with E-state index >= 15 is 0 Å². The zero-order valence-electron chi connectivity index (χ0n) is 9.46. The molecule has 3 heteroatoms. The number of hydrogen-bond acceptors (Lipinski definition) is 2. The van der Waals surface area contributed by atoms with Crippen LogP contribution in [-0.4, -0.2) is 4.75 Å². The Morgan fingerprint density at radius 3 is 2.44 bits per heavy atom. The zero-order chi connectivity index (χ0) is 11.8. The first-order valence-electron chi connectivity index (χ1n) is 5.31. The molecule has 0 atom stereocenters. The van der Waals surface area contributed by atoms with E-state index in [1.807, 2.05) is 18.2 Å². The summed E-state index contributed by atoms with van der Waals surface area (Å²) in [6.45, 7) is 4.45. The van der Waals surface area contributed by atoms with Crippen LogP contribution in [0.5, 0.6) is 0 Å². The Kier molecular flexibility index (Phi) is 3.07. The topological polar surface area (TPSA) is 23.8 Å². The number of halogens is 1. The van der Waals surface area contributed by atoms with Crippen molar-refractivity contribution in [2.45, 2.75) is 36.3 Å². The zero-order valence-corrected chi connectivity index (χ0v) is 11.9. The second kappa shape index (κ2) is 4.09. The van der Waals surface area contributed by atoms with Crippen molar-refractivity contribution in [3.8, 4) is 6.07 Å². The number of nitriles is 1. The lowest BCUT2D eigenvalue weighted by Crippen LogP contribution is -2.45. The molecule has 1 saturated carbocycles. The molecule has 0 radical (unpaired) electrons. The molecule has 84 valence electrons. The van der Waals surface area contributed by atoms with Crippen LogP contribution in [0.25, 0.3) is 0 Å². The van der Waals surface area contributed by atoms with E-state index in [4.69, 9.17) is 0 Å². The molecular formula is C13H14BrNS. The summed E-state index contributed by atoms with van der Waals surface area (Å²) in [7, 11) is 0. The lowest BCUT2D eigenvalue weighted by Gasteiger charge is -2.48. The third-order valence-electron chi connectivity index (χ3n) is 2.87. The average Bonchev–Trinajstić information content (AvgIpc) is 2.18. The standard InChI is InChI=1S/C13H14BrNS/c1-12(2)7-13(8-12,9-15)16-11-6-4-3-5-10(11)14/h3-6H,7-8H2,1-2H3. The van der Waals surface area contributed by atoms with E-state index in [2.05, 4.69) is 41.9 Å². The molecule has 1 fully saturated rings. The Hall–Kier alpha value is -0.460. The van der Waals surface area contributed by atoms with Crippen molar-refractivity contribution < 1.29 is 0 Å². The second-order valence-electron chi connectivity index (χ2n) is 5.16. The molecule has 0 unspecified atom stereocenters. The van der Waals surface area contributed by atoms with Gasteiger partial charge in [0.1, 0.15) is 4.75 Å². The molecule has 0 bridgehead atoms. The van der Waals surface area contributed by atoms with Crippen LogP contribution in [0.15, 0.2) is 33.6 Å². The molecule has 0 aliphatic heterocycles. The van der Waals surface area contributed by atoms with Crippen molar-refractivity contribution in [2.75, 3.05) is 0 Å². The highest BCUT2D eigenvalue weighted by atomic mass is 79.9. The number of nitrogens with zero attached hydrogens (tertiary/aromatic N) is 1. The van der Waals surface area contributed by atoms with E-state index in [1.54, 1.807) is 11.8 Å². The van der Waals surface area contributed by atoms with E-state index in [0.717, 1.165) is 17.3 Å². The summed E-state index contributed by atoms with van der Waals surface area (Å²) in [5.41, 5.74) is 0.323. The van der Waals surface area contributed by atoms with Gasteiger partial charge >= 0.3 is 0 Å². The maximum Gasteiger partial charge on any atom is 0.108 e. The van der Waals surface area contributed by atoms with Gasteiger partial charge in [0.05, 0.1) is 6.07 Å². The minimum absolute atomic E-state index is 0.215. The van der Waals surface area contributed by atoms with E-state index < -0.39 is 0 Å². The van der Waals surface area contributed by atoms with Crippen molar-refractivity contribution in [1.82, 2.24) is 0 Å². The van der Waals surface area contributed by atoms with Gasteiger partial charge in [0, 0.05) is 9.37 Å². The summed E-state index contributed by atoms with van der Waals surface area (Å²) in [5.74, 6) is 0. The fourth-order valence-corrected chi connectivity index (χ4v) is 4.64. The van der Waals surface area contributed by atoms with Crippen molar-refractivity contribution in [3.05, 3.63) is 28.7 Å². The molecule has 1 nitrogen and oxygen atoms in total. The highest BCUT2D eigenvalue weighted by molar-refractivity contribution is 9.10. The quantitative estimate of drug-likeness (QED) is 0.795. The molecule has 0 heterocycles. The van der Waals surface area contributed by atoms with E-state index in [1.165, 1.54) is 4.90 Å². The number of thioether (sulfide) groups is 1. The molecule has 16 heavy (non-hydrogen) atoms. The Labute approximate surface area is 109 Å². The number of benzene rings is 1. The van der Waals surface area contributed by atoms with E-state index in [9.17, 15) is 5.26 Å². The molecule has 0 amide bonds. The molecule has 0 N–H and O–H groups in total. The highest BCUT2D eigenvalue weighted by Crippen LogP contribution is 2.57. The fourth-order valence-electron chi connectivity index (χ4n) is 2.41. The van der Waals surface area contributed by atoms with Crippen LogP contribution in [0.3, 0.4) is 0 Å². The molecule has 1 aliphatic rings. The summed E-state index contributed by atoms with van der Waals surface area (Å²) in [6, 6.07) is 10.6. The van der Waals surface area contributed by atoms with Gasteiger partial charge in [0.15, 0.2) is 0 Å². The van der Waals surface area contributed by atoms with Crippen molar-refractivity contribution in [1.29, 1.82) is 5.26 Å². The highest BCUT2D eigenvalue weighted by Gasteiger charge is 2.50. The van der Waals surface area contributed by atoms with Gasteiger partial charge in [-0.1, -0.05) is 26.0 Å². The largest absolute Gasteiger partial charge is 0.197 e. The SMILES string of the molecule is CC1(C)CC(C#N)(Sc2ccccc2Br)C1. The Morgan fingerprint density at radius 1 is 1.31 bits per heavy atom. The molecule has 0 aromatic heterocycles. The fraction of sp³-hybridized carbons (Fsp3) is 0.462. The Balaban J connectivity index is 2.17. The molecule has 0 spiro atoms.